The third-order valence-electron chi connectivity index (χ3n) is 3.46. The van der Waals surface area contributed by atoms with Crippen molar-refractivity contribution in [3.05, 3.63) is 44.7 Å². The summed E-state index contributed by atoms with van der Waals surface area (Å²) in [7, 11) is 1.71. The number of H-pyrrole nitrogens is 1. The second-order valence-corrected chi connectivity index (χ2v) is 4.79. The van der Waals surface area contributed by atoms with Crippen LogP contribution in [0.2, 0.25) is 0 Å². The van der Waals surface area contributed by atoms with Gasteiger partial charge in [0.15, 0.2) is 0 Å². The first-order chi connectivity index (χ1) is 8.45. The minimum atomic E-state index is -0.0508. The molecule has 96 valence electrons. The molecule has 2 rings (SSSR count). The van der Waals surface area contributed by atoms with Crippen LogP contribution in [-0.4, -0.2) is 9.78 Å². The number of aromatic nitrogens is 2. The molecule has 0 atom stereocenters. The molecule has 18 heavy (non-hydrogen) atoms. The Labute approximate surface area is 106 Å². The number of benzene rings is 1. The maximum absolute atomic E-state index is 11.9. The number of hydrogen-bond acceptors (Lipinski definition) is 2. The van der Waals surface area contributed by atoms with E-state index >= 15 is 0 Å². The van der Waals surface area contributed by atoms with E-state index in [1.165, 1.54) is 15.8 Å². The van der Waals surface area contributed by atoms with Crippen LogP contribution in [0.15, 0.2) is 16.9 Å². The van der Waals surface area contributed by atoms with Crippen molar-refractivity contribution in [2.75, 3.05) is 0 Å². The van der Waals surface area contributed by atoms with Gasteiger partial charge in [0.2, 0.25) is 0 Å². The molecule has 4 heteroatoms. The topological polar surface area (TPSA) is 63.8 Å². The fourth-order valence-corrected chi connectivity index (χ4v) is 2.24. The second kappa shape index (κ2) is 4.46. The van der Waals surface area contributed by atoms with E-state index in [2.05, 4.69) is 31.1 Å². The van der Waals surface area contributed by atoms with E-state index in [-0.39, 0.29) is 12.1 Å². The molecule has 3 N–H and O–H groups in total. The molecule has 4 nitrogen and oxygen atoms in total. The molecule has 0 bridgehead atoms. The summed E-state index contributed by atoms with van der Waals surface area (Å²) in [5.41, 5.74) is 11.8. The van der Waals surface area contributed by atoms with Crippen LogP contribution in [0.3, 0.4) is 0 Å². The molecule has 0 amide bonds. The van der Waals surface area contributed by atoms with Gasteiger partial charge in [-0.25, -0.2) is 0 Å². The predicted octanol–water partition coefficient (Wildman–Crippen LogP) is 1.76. The summed E-state index contributed by atoms with van der Waals surface area (Å²) in [5, 5.41) is 3.09. The fourth-order valence-electron chi connectivity index (χ4n) is 2.24. The number of hydrogen-bond donors (Lipinski definition) is 2. The molecule has 0 aliphatic heterocycles. The van der Waals surface area contributed by atoms with Crippen molar-refractivity contribution in [3.63, 3.8) is 0 Å². The zero-order chi connectivity index (χ0) is 13.4. The summed E-state index contributed by atoms with van der Waals surface area (Å²) in [6.45, 7) is 6.45. The Hall–Kier alpha value is -1.81. The lowest BCUT2D eigenvalue weighted by molar-refractivity contribution is 0.739. The molecule has 0 spiro atoms. The second-order valence-electron chi connectivity index (χ2n) is 4.79. The van der Waals surface area contributed by atoms with Crippen molar-refractivity contribution < 1.29 is 0 Å². The SMILES string of the molecule is Cc1cc(C)c(-c2[nH]n(C)c(=O)c2CN)cc1C. The van der Waals surface area contributed by atoms with Gasteiger partial charge in [-0.1, -0.05) is 6.07 Å². The van der Waals surface area contributed by atoms with Crippen molar-refractivity contribution >= 4 is 0 Å². The highest BCUT2D eigenvalue weighted by Gasteiger charge is 2.15. The highest BCUT2D eigenvalue weighted by Crippen LogP contribution is 2.26. The summed E-state index contributed by atoms with van der Waals surface area (Å²) < 4.78 is 1.48. The molecule has 2 aromatic rings. The Morgan fingerprint density at radius 2 is 1.78 bits per heavy atom. The highest BCUT2D eigenvalue weighted by atomic mass is 16.1. The summed E-state index contributed by atoms with van der Waals surface area (Å²) in [4.78, 5) is 11.9. The van der Waals surface area contributed by atoms with Crippen LogP contribution in [0, 0.1) is 20.8 Å². The van der Waals surface area contributed by atoms with Gasteiger partial charge >= 0.3 is 0 Å². The third kappa shape index (κ3) is 1.88. The molecule has 0 aliphatic carbocycles. The smallest absolute Gasteiger partial charge is 0.271 e. The van der Waals surface area contributed by atoms with E-state index in [1.807, 2.05) is 6.92 Å². The Morgan fingerprint density at radius 1 is 1.17 bits per heavy atom. The Bertz CT molecular complexity index is 650. The van der Waals surface area contributed by atoms with Crippen LogP contribution in [0.5, 0.6) is 0 Å². The van der Waals surface area contributed by atoms with Crippen molar-refractivity contribution in [3.8, 4) is 11.3 Å². The molecule has 0 aliphatic rings. The number of nitrogens with zero attached hydrogens (tertiary/aromatic N) is 1. The summed E-state index contributed by atoms with van der Waals surface area (Å²) in [6, 6.07) is 4.24. The van der Waals surface area contributed by atoms with Gasteiger partial charge < -0.3 is 5.73 Å². The van der Waals surface area contributed by atoms with Crippen LogP contribution >= 0.6 is 0 Å². The van der Waals surface area contributed by atoms with Gasteiger partial charge in [0.05, 0.1) is 11.3 Å². The number of nitrogens with one attached hydrogen (secondary N) is 1. The summed E-state index contributed by atoms with van der Waals surface area (Å²) in [6.07, 6.45) is 0. The van der Waals surface area contributed by atoms with E-state index in [4.69, 9.17) is 5.73 Å². The predicted molar refractivity (Wildman–Crippen MR) is 73.6 cm³/mol. The van der Waals surface area contributed by atoms with Crippen molar-refractivity contribution in [1.82, 2.24) is 9.78 Å². The van der Waals surface area contributed by atoms with Gasteiger partial charge in [-0.15, -0.1) is 0 Å². The highest BCUT2D eigenvalue weighted by molar-refractivity contribution is 5.68. The zero-order valence-electron chi connectivity index (χ0n) is 11.3. The lowest BCUT2D eigenvalue weighted by atomic mass is 9.97. The number of aryl methyl sites for hydroxylation is 4. The van der Waals surface area contributed by atoms with Crippen LogP contribution in [0.1, 0.15) is 22.3 Å². The third-order valence-corrected chi connectivity index (χ3v) is 3.46. The van der Waals surface area contributed by atoms with Crippen molar-refractivity contribution in [1.29, 1.82) is 0 Å². The maximum Gasteiger partial charge on any atom is 0.271 e. The zero-order valence-corrected chi connectivity index (χ0v) is 11.3. The lowest BCUT2D eigenvalue weighted by Gasteiger charge is -2.09. The number of nitrogens with two attached hydrogens (primary N) is 1. The number of aromatic amines is 1. The summed E-state index contributed by atoms with van der Waals surface area (Å²) in [5.74, 6) is 0. The van der Waals surface area contributed by atoms with E-state index < -0.39 is 0 Å². The molecule has 0 saturated carbocycles. The summed E-state index contributed by atoms with van der Waals surface area (Å²) >= 11 is 0. The van der Waals surface area contributed by atoms with Gasteiger partial charge in [-0.05, 0) is 43.5 Å². The quantitative estimate of drug-likeness (QED) is 0.847. The maximum atomic E-state index is 11.9. The Morgan fingerprint density at radius 3 is 2.39 bits per heavy atom. The largest absolute Gasteiger partial charge is 0.326 e. The fraction of sp³-hybridized carbons (Fsp3) is 0.357. The first-order valence-electron chi connectivity index (χ1n) is 6.02. The molecule has 1 aromatic carbocycles. The average molecular weight is 245 g/mol. The average Bonchev–Trinajstić information content (AvgIpc) is 2.60. The monoisotopic (exact) mass is 245 g/mol. The van der Waals surface area contributed by atoms with Gasteiger partial charge in [-0.3, -0.25) is 14.6 Å². The molecule has 1 aromatic heterocycles. The van der Waals surface area contributed by atoms with E-state index in [0.717, 1.165) is 16.8 Å². The van der Waals surface area contributed by atoms with Crippen LogP contribution in [-0.2, 0) is 13.6 Å². The van der Waals surface area contributed by atoms with Gasteiger partial charge in [0, 0.05) is 19.2 Å². The van der Waals surface area contributed by atoms with Crippen molar-refractivity contribution in [2.24, 2.45) is 12.8 Å². The van der Waals surface area contributed by atoms with E-state index in [9.17, 15) is 4.79 Å². The van der Waals surface area contributed by atoms with Crippen molar-refractivity contribution in [2.45, 2.75) is 27.3 Å². The van der Waals surface area contributed by atoms with Crippen LogP contribution in [0.25, 0.3) is 11.3 Å². The molecule has 0 fully saturated rings. The first kappa shape index (κ1) is 12.6. The van der Waals surface area contributed by atoms with Gasteiger partial charge in [0.25, 0.3) is 5.56 Å². The van der Waals surface area contributed by atoms with E-state index in [0.29, 0.717) is 5.56 Å². The Kier molecular flexibility index (Phi) is 3.13. The number of rotatable bonds is 2. The molecular formula is C14H19N3O. The van der Waals surface area contributed by atoms with Gasteiger partial charge in [0.1, 0.15) is 0 Å². The van der Waals surface area contributed by atoms with Crippen LogP contribution < -0.4 is 11.3 Å². The lowest BCUT2D eigenvalue weighted by Crippen LogP contribution is -2.17. The first-order valence-corrected chi connectivity index (χ1v) is 6.02. The minimum absolute atomic E-state index is 0.0508. The molecule has 0 radical (unpaired) electrons. The normalized spacial score (nSPS) is 10.9. The molecular weight excluding hydrogens is 226 g/mol. The minimum Gasteiger partial charge on any atom is -0.326 e. The molecule has 0 unspecified atom stereocenters. The standard InChI is InChI=1S/C14H19N3O/c1-8-5-10(3)11(6-9(8)2)13-12(7-15)14(18)17(4)16-13/h5-6,16H,7,15H2,1-4H3. The molecule has 0 saturated heterocycles. The van der Waals surface area contributed by atoms with E-state index in [1.54, 1.807) is 7.05 Å². The van der Waals surface area contributed by atoms with Crippen LogP contribution in [0.4, 0.5) is 0 Å². The van der Waals surface area contributed by atoms with Gasteiger partial charge in [-0.2, -0.15) is 0 Å². The Balaban J connectivity index is 2.73. The molecule has 1 heterocycles.